The number of carbonyl (C=O) groups excluding carboxylic acids is 1. The van der Waals surface area contributed by atoms with Crippen LogP contribution in [0.2, 0.25) is 0 Å². The predicted molar refractivity (Wildman–Crippen MR) is 93.6 cm³/mol. The number of hydrogen-bond acceptors (Lipinski definition) is 3. The van der Waals surface area contributed by atoms with Crippen LogP contribution in [0.25, 0.3) is 10.9 Å². The van der Waals surface area contributed by atoms with E-state index in [2.05, 4.69) is 29.2 Å². The Labute approximate surface area is 141 Å². The van der Waals surface area contributed by atoms with Gasteiger partial charge in [-0.3, -0.25) is 9.48 Å². The fourth-order valence-corrected chi connectivity index (χ4v) is 3.06. The first-order chi connectivity index (χ1) is 11.5. The Balaban J connectivity index is 1.90. The summed E-state index contributed by atoms with van der Waals surface area (Å²) in [5, 5.41) is 8.31. The molecule has 1 atom stereocenters. The average molecular weight is 325 g/mol. The normalized spacial score (nSPS) is 12.7. The van der Waals surface area contributed by atoms with Gasteiger partial charge in [-0.1, -0.05) is 32.0 Å². The molecule has 2 heterocycles. The number of nitrogens with one attached hydrogen (secondary N) is 1. The van der Waals surface area contributed by atoms with E-state index in [9.17, 15) is 4.79 Å². The number of amides is 1. The first-order valence-electron chi connectivity index (χ1n) is 8.16. The van der Waals surface area contributed by atoms with Gasteiger partial charge in [0.05, 0.1) is 6.04 Å². The van der Waals surface area contributed by atoms with Crippen LogP contribution in [0.1, 0.15) is 42.6 Å². The van der Waals surface area contributed by atoms with E-state index >= 15 is 0 Å². The highest BCUT2D eigenvalue weighted by atomic mass is 16.2. The smallest absolute Gasteiger partial charge is 0.268 e. The number of benzene rings is 1. The van der Waals surface area contributed by atoms with E-state index in [0.717, 1.165) is 23.1 Å². The molecule has 0 saturated heterocycles. The van der Waals surface area contributed by atoms with Crippen molar-refractivity contribution in [1.29, 1.82) is 0 Å². The Morgan fingerprint density at radius 3 is 2.62 bits per heavy atom. The van der Waals surface area contributed by atoms with E-state index in [0.29, 0.717) is 11.6 Å². The SMILES string of the molecule is CC(C)CC(NC(=O)c1cc2ccccc2n1C)c1ncnn1C. The molecule has 0 aliphatic rings. The summed E-state index contributed by atoms with van der Waals surface area (Å²) in [6, 6.07) is 9.74. The molecule has 1 unspecified atom stereocenters. The van der Waals surface area contributed by atoms with Gasteiger partial charge >= 0.3 is 0 Å². The minimum Gasteiger partial charge on any atom is -0.341 e. The molecule has 2 aromatic heterocycles. The maximum atomic E-state index is 12.8. The molecule has 0 spiro atoms. The number of hydrogen-bond donors (Lipinski definition) is 1. The van der Waals surface area contributed by atoms with Crippen molar-refractivity contribution in [1.82, 2.24) is 24.6 Å². The summed E-state index contributed by atoms with van der Waals surface area (Å²) in [6.07, 6.45) is 2.33. The van der Waals surface area contributed by atoms with Crippen LogP contribution >= 0.6 is 0 Å². The van der Waals surface area contributed by atoms with E-state index < -0.39 is 0 Å². The molecule has 0 saturated carbocycles. The summed E-state index contributed by atoms with van der Waals surface area (Å²) < 4.78 is 3.64. The second kappa shape index (κ2) is 6.47. The monoisotopic (exact) mass is 325 g/mol. The zero-order valence-electron chi connectivity index (χ0n) is 14.5. The van der Waals surface area contributed by atoms with Crippen molar-refractivity contribution in [2.75, 3.05) is 0 Å². The number of aromatic nitrogens is 4. The second-order valence-electron chi connectivity index (χ2n) is 6.54. The molecule has 6 heteroatoms. The van der Waals surface area contributed by atoms with E-state index in [1.165, 1.54) is 6.33 Å². The lowest BCUT2D eigenvalue weighted by Crippen LogP contribution is -2.32. The van der Waals surface area contributed by atoms with Gasteiger partial charge in [-0.25, -0.2) is 4.98 Å². The van der Waals surface area contributed by atoms with Crippen LogP contribution in [0.3, 0.4) is 0 Å². The van der Waals surface area contributed by atoms with Crippen LogP contribution in [0.5, 0.6) is 0 Å². The lowest BCUT2D eigenvalue weighted by Gasteiger charge is -2.20. The third kappa shape index (κ3) is 3.04. The van der Waals surface area contributed by atoms with Gasteiger partial charge in [-0.05, 0) is 24.5 Å². The van der Waals surface area contributed by atoms with Crippen LogP contribution < -0.4 is 5.32 Å². The maximum absolute atomic E-state index is 12.8. The molecule has 0 bridgehead atoms. The number of aryl methyl sites for hydroxylation is 2. The summed E-state index contributed by atoms with van der Waals surface area (Å²) >= 11 is 0. The first-order valence-corrected chi connectivity index (χ1v) is 8.16. The molecular weight excluding hydrogens is 302 g/mol. The van der Waals surface area contributed by atoms with Gasteiger partial charge < -0.3 is 9.88 Å². The zero-order valence-corrected chi connectivity index (χ0v) is 14.5. The number of para-hydroxylation sites is 1. The van der Waals surface area contributed by atoms with Crippen LogP contribution in [-0.4, -0.2) is 25.2 Å². The number of carbonyl (C=O) groups is 1. The van der Waals surface area contributed by atoms with Crippen molar-refractivity contribution >= 4 is 16.8 Å². The number of nitrogens with zero attached hydrogens (tertiary/aromatic N) is 4. The van der Waals surface area contributed by atoms with Gasteiger partial charge in [0.2, 0.25) is 0 Å². The number of fused-ring (bicyclic) bond motifs is 1. The highest BCUT2D eigenvalue weighted by molar-refractivity contribution is 5.98. The molecule has 126 valence electrons. The van der Waals surface area contributed by atoms with E-state index in [4.69, 9.17) is 0 Å². The molecule has 0 aliphatic carbocycles. The molecule has 1 amide bonds. The molecule has 1 N–H and O–H groups in total. The summed E-state index contributed by atoms with van der Waals surface area (Å²) in [5.41, 5.74) is 1.69. The van der Waals surface area contributed by atoms with Gasteiger partial charge in [-0.2, -0.15) is 5.10 Å². The lowest BCUT2D eigenvalue weighted by molar-refractivity contribution is 0.0921. The second-order valence-corrected chi connectivity index (χ2v) is 6.54. The van der Waals surface area contributed by atoms with Gasteiger partial charge in [0, 0.05) is 25.0 Å². The third-order valence-corrected chi connectivity index (χ3v) is 4.25. The summed E-state index contributed by atoms with van der Waals surface area (Å²) in [5.74, 6) is 1.11. The lowest BCUT2D eigenvalue weighted by atomic mass is 10.0. The summed E-state index contributed by atoms with van der Waals surface area (Å²) in [7, 11) is 3.76. The predicted octanol–water partition coefficient (Wildman–Crippen LogP) is 2.82. The molecule has 0 fully saturated rings. The zero-order chi connectivity index (χ0) is 17.3. The minimum absolute atomic E-state index is 0.0950. The van der Waals surface area contributed by atoms with Crippen molar-refractivity contribution in [3.05, 3.63) is 48.2 Å². The fraction of sp³-hybridized carbons (Fsp3) is 0.389. The summed E-state index contributed by atoms with van der Waals surface area (Å²) in [4.78, 5) is 17.2. The van der Waals surface area contributed by atoms with Crippen molar-refractivity contribution < 1.29 is 4.79 Å². The van der Waals surface area contributed by atoms with E-state index in [1.807, 2.05) is 49.0 Å². The van der Waals surface area contributed by atoms with Crippen molar-refractivity contribution in [2.45, 2.75) is 26.3 Å². The Kier molecular flexibility index (Phi) is 4.38. The van der Waals surface area contributed by atoms with Crippen molar-refractivity contribution in [2.24, 2.45) is 20.0 Å². The van der Waals surface area contributed by atoms with Crippen LogP contribution in [0.4, 0.5) is 0 Å². The van der Waals surface area contributed by atoms with Gasteiger partial charge in [0.15, 0.2) is 0 Å². The molecule has 3 aromatic rings. The molecule has 1 aromatic carbocycles. The molecule has 6 nitrogen and oxygen atoms in total. The minimum atomic E-state index is -0.164. The summed E-state index contributed by atoms with van der Waals surface area (Å²) in [6.45, 7) is 4.26. The molecular formula is C18H23N5O. The first kappa shape index (κ1) is 16.2. The molecule has 24 heavy (non-hydrogen) atoms. The average Bonchev–Trinajstić information content (AvgIpc) is 3.10. The third-order valence-electron chi connectivity index (χ3n) is 4.25. The quantitative estimate of drug-likeness (QED) is 0.784. The maximum Gasteiger partial charge on any atom is 0.268 e. The molecule has 0 radical (unpaired) electrons. The topological polar surface area (TPSA) is 64.7 Å². The Hall–Kier alpha value is -2.63. The van der Waals surface area contributed by atoms with E-state index in [1.54, 1.807) is 4.68 Å². The Morgan fingerprint density at radius 1 is 1.25 bits per heavy atom. The highest BCUT2D eigenvalue weighted by Crippen LogP contribution is 2.22. The largest absolute Gasteiger partial charge is 0.341 e. The Morgan fingerprint density at radius 2 is 2.00 bits per heavy atom. The standard InChI is InChI=1S/C18H23N5O/c1-12(2)9-14(17-19-11-20-23(17)4)21-18(24)16-10-13-7-5-6-8-15(13)22(16)3/h5-8,10-12,14H,9H2,1-4H3,(H,21,24). The highest BCUT2D eigenvalue weighted by Gasteiger charge is 2.22. The van der Waals surface area contributed by atoms with Crippen molar-refractivity contribution in [3.8, 4) is 0 Å². The van der Waals surface area contributed by atoms with Gasteiger partial charge in [0.1, 0.15) is 17.8 Å². The van der Waals surface area contributed by atoms with Gasteiger partial charge in [0.25, 0.3) is 5.91 Å². The van der Waals surface area contributed by atoms with Crippen molar-refractivity contribution in [3.63, 3.8) is 0 Å². The van der Waals surface area contributed by atoms with E-state index in [-0.39, 0.29) is 11.9 Å². The van der Waals surface area contributed by atoms with Crippen LogP contribution in [0.15, 0.2) is 36.7 Å². The Bertz CT molecular complexity index is 861. The van der Waals surface area contributed by atoms with Crippen LogP contribution in [-0.2, 0) is 14.1 Å². The van der Waals surface area contributed by atoms with Gasteiger partial charge in [-0.15, -0.1) is 0 Å². The van der Waals surface area contributed by atoms with Crippen LogP contribution in [0, 0.1) is 5.92 Å². The molecule has 3 rings (SSSR count). The fourth-order valence-electron chi connectivity index (χ4n) is 3.06. The molecule has 0 aliphatic heterocycles. The number of rotatable bonds is 5.